The summed E-state index contributed by atoms with van der Waals surface area (Å²) >= 11 is 0. The molecule has 1 amide bonds. The first-order valence-corrected chi connectivity index (χ1v) is 8.65. The highest BCUT2D eigenvalue weighted by atomic mass is 35.5. The minimum absolute atomic E-state index is 0. The number of nitrogens with two attached hydrogens (primary N) is 1. The number of carbonyl (C=O) groups excluding carboxylic acids is 1. The number of amides is 1. The summed E-state index contributed by atoms with van der Waals surface area (Å²) in [7, 11) is -3.13. The van der Waals surface area contributed by atoms with Crippen LogP contribution in [-0.4, -0.2) is 44.0 Å². The molecule has 1 aromatic rings. The SMILES string of the molecule is Cl.NC(CNC(=O)CCN1CCCS1(=O)=O)c1ccccc1. The Morgan fingerprint density at radius 3 is 2.59 bits per heavy atom. The Labute approximate surface area is 137 Å². The first-order chi connectivity index (χ1) is 9.99. The molecule has 1 fully saturated rings. The summed E-state index contributed by atoms with van der Waals surface area (Å²) < 4.78 is 24.6. The van der Waals surface area contributed by atoms with Crippen molar-refractivity contribution in [2.45, 2.75) is 18.9 Å². The van der Waals surface area contributed by atoms with Crippen molar-refractivity contribution in [2.24, 2.45) is 5.73 Å². The molecule has 6 nitrogen and oxygen atoms in total. The van der Waals surface area contributed by atoms with E-state index in [4.69, 9.17) is 5.73 Å². The maximum Gasteiger partial charge on any atom is 0.221 e. The molecule has 1 saturated heterocycles. The van der Waals surface area contributed by atoms with E-state index in [0.717, 1.165) is 5.56 Å². The summed E-state index contributed by atoms with van der Waals surface area (Å²) in [6.45, 7) is 1.10. The summed E-state index contributed by atoms with van der Waals surface area (Å²) in [6.07, 6.45) is 0.809. The number of benzene rings is 1. The molecule has 0 spiro atoms. The molecule has 0 aromatic heterocycles. The number of halogens is 1. The molecule has 22 heavy (non-hydrogen) atoms. The molecule has 0 saturated carbocycles. The Hall–Kier alpha value is -1.15. The average molecular weight is 348 g/mol. The molecule has 1 atom stereocenters. The Morgan fingerprint density at radius 1 is 1.32 bits per heavy atom. The van der Waals surface area contributed by atoms with Crippen molar-refractivity contribution in [3.63, 3.8) is 0 Å². The van der Waals surface area contributed by atoms with E-state index in [1.807, 2.05) is 30.3 Å². The highest BCUT2D eigenvalue weighted by molar-refractivity contribution is 7.89. The van der Waals surface area contributed by atoms with Crippen LogP contribution in [0.1, 0.15) is 24.4 Å². The third-order valence-electron chi connectivity index (χ3n) is 3.54. The Morgan fingerprint density at radius 2 is 2.00 bits per heavy atom. The fraction of sp³-hybridized carbons (Fsp3) is 0.500. The monoisotopic (exact) mass is 347 g/mol. The first-order valence-electron chi connectivity index (χ1n) is 7.04. The van der Waals surface area contributed by atoms with Gasteiger partial charge >= 0.3 is 0 Å². The lowest BCUT2D eigenvalue weighted by molar-refractivity contribution is -0.121. The van der Waals surface area contributed by atoms with Crippen molar-refractivity contribution in [1.82, 2.24) is 9.62 Å². The van der Waals surface area contributed by atoms with Crippen LogP contribution in [0.2, 0.25) is 0 Å². The van der Waals surface area contributed by atoms with Crippen LogP contribution in [0.3, 0.4) is 0 Å². The number of carbonyl (C=O) groups is 1. The van der Waals surface area contributed by atoms with E-state index in [-0.39, 0.29) is 43.1 Å². The molecule has 2 rings (SSSR count). The topological polar surface area (TPSA) is 92.5 Å². The fourth-order valence-corrected chi connectivity index (χ4v) is 3.83. The lowest BCUT2D eigenvalue weighted by atomic mass is 10.1. The Bertz CT molecular complexity index is 580. The van der Waals surface area contributed by atoms with Gasteiger partial charge in [0, 0.05) is 32.1 Å². The van der Waals surface area contributed by atoms with Crippen molar-refractivity contribution in [3.05, 3.63) is 35.9 Å². The van der Waals surface area contributed by atoms with E-state index in [2.05, 4.69) is 5.32 Å². The third kappa shape index (κ3) is 5.24. The summed E-state index contributed by atoms with van der Waals surface area (Å²) in [4.78, 5) is 11.8. The van der Waals surface area contributed by atoms with Gasteiger partial charge < -0.3 is 11.1 Å². The zero-order valence-corrected chi connectivity index (χ0v) is 13.9. The van der Waals surface area contributed by atoms with Crippen LogP contribution in [0.4, 0.5) is 0 Å². The van der Waals surface area contributed by atoms with Gasteiger partial charge in [-0.25, -0.2) is 12.7 Å². The Kier molecular flexibility index (Phi) is 7.28. The van der Waals surface area contributed by atoms with Gasteiger partial charge in [-0.1, -0.05) is 30.3 Å². The van der Waals surface area contributed by atoms with E-state index in [9.17, 15) is 13.2 Å². The third-order valence-corrected chi connectivity index (χ3v) is 5.49. The quantitative estimate of drug-likeness (QED) is 0.790. The second kappa shape index (κ2) is 8.47. The van der Waals surface area contributed by atoms with Gasteiger partial charge in [-0.05, 0) is 12.0 Å². The summed E-state index contributed by atoms with van der Waals surface area (Å²) in [5.74, 6) is 0.0107. The molecule has 1 aromatic carbocycles. The molecule has 0 radical (unpaired) electrons. The first kappa shape index (κ1) is 18.9. The minimum atomic E-state index is -3.13. The predicted molar refractivity (Wildman–Crippen MR) is 88.2 cm³/mol. The number of sulfonamides is 1. The zero-order valence-electron chi connectivity index (χ0n) is 12.3. The number of nitrogens with zero attached hydrogens (tertiary/aromatic N) is 1. The van der Waals surface area contributed by atoms with E-state index < -0.39 is 10.0 Å². The number of hydrogen-bond donors (Lipinski definition) is 2. The van der Waals surface area contributed by atoms with Crippen LogP contribution in [0.15, 0.2) is 30.3 Å². The summed E-state index contributed by atoms with van der Waals surface area (Å²) in [5, 5.41) is 2.75. The number of hydrogen-bond acceptors (Lipinski definition) is 4. The van der Waals surface area contributed by atoms with Crippen molar-refractivity contribution in [2.75, 3.05) is 25.4 Å². The van der Waals surface area contributed by atoms with E-state index in [1.165, 1.54) is 4.31 Å². The highest BCUT2D eigenvalue weighted by Gasteiger charge is 2.28. The largest absolute Gasteiger partial charge is 0.354 e. The molecular formula is C14H22ClN3O3S. The van der Waals surface area contributed by atoms with Gasteiger partial charge in [-0.15, -0.1) is 12.4 Å². The van der Waals surface area contributed by atoms with Crippen LogP contribution < -0.4 is 11.1 Å². The molecule has 0 bridgehead atoms. The van der Waals surface area contributed by atoms with Gasteiger partial charge in [-0.3, -0.25) is 4.79 Å². The normalized spacial score (nSPS) is 18.4. The number of nitrogens with one attached hydrogen (secondary N) is 1. The second-order valence-electron chi connectivity index (χ2n) is 5.14. The highest BCUT2D eigenvalue weighted by Crippen LogP contribution is 2.13. The summed E-state index contributed by atoms with van der Waals surface area (Å²) in [5.41, 5.74) is 6.94. The second-order valence-corrected chi connectivity index (χ2v) is 7.23. The van der Waals surface area contributed by atoms with Gasteiger partial charge in [0.2, 0.25) is 15.9 Å². The van der Waals surface area contributed by atoms with Gasteiger partial charge in [0.05, 0.1) is 5.75 Å². The van der Waals surface area contributed by atoms with E-state index in [0.29, 0.717) is 19.5 Å². The lowest BCUT2D eigenvalue weighted by Crippen LogP contribution is -2.35. The van der Waals surface area contributed by atoms with Crippen LogP contribution in [0.5, 0.6) is 0 Å². The smallest absolute Gasteiger partial charge is 0.221 e. The van der Waals surface area contributed by atoms with Gasteiger partial charge in [0.15, 0.2) is 0 Å². The molecule has 1 aliphatic rings. The molecule has 0 aliphatic carbocycles. The van der Waals surface area contributed by atoms with Crippen molar-refractivity contribution < 1.29 is 13.2 Å². The predicted octanol–water partition coefficient (Wildman–Crippen LogP) is 0.650. The number of rotatable bonds is 6. The molecule has 1 heterocycles. The van der Waals surface area contributed by atoms with Crippen LogP contribution in [0, 0.1) is 0 Å². The van der Waals surface area contributed by atoms with Gasteiger partial charge in [0.25, 0.3) is 0 Å². The van der Waals surface area contributed by atoms with Gasteiger partial charge in [-0.2, -0.15) is 0 Å². The van der Waals surface area contributed by atoms with E-state index in [1.54, 1.807) is 0 Å². The molecule has 1 unspecified atom stereocenters. The molecule has 124 valence electrons. The van der Waals surface area contributed by atoms with Crippen LogP contribution in [-0.2, 0) is 14.8 Å². The lowest BCUT2D eigenvalue weighted by Gasteiger charge is -2.15. The average Bonchev–Trinajstić information content (AvgIpc) is 2.82. The Balaban J connectivity index is 0.00000242. The van der Waals surface area contributed by atoms with E-state index >= 15 is 0 Å². The van der Waals surface area contributed by atoms with Crippen LogP contribution in [0.25, 0.3) is 0 Å². The maximum atomic E-state index is 11.8. The maximum absolute atomic E-state index is 11.8. The van der Waals surface area contributed by atoms with Crippen molar-refractivity contribution in [1.29, 1.82) is 0 Å². The van der Waals surface area contributed by atoms with Crippen molar-refractivity contribution >= 4 is 28.3 Å². The zero-order chi connectivity index (χ0) is 15.3. The summed E-state index contributed by atoms with van der Waals surface area (Å²) in [6, 6.07) is 9.27. The minimum Gasteiger partial charge on any atom is -0.354 e. The van der Waals surface area contributed by atoms with Gasteiger partial charge in [0.1, 0.15) is 0 Å². The standard InChI is InChI=1S/C14H21N3O3S.ClH/c15-13(12-5-2-1-3-6-12)11-16-14(18)7-9-17-8-4-10-21(17,19)20;/h1-3,5-6,13H,4,7-11,15H2,(H,16,18);1H. The molecule has 3 N–H and O–H groups in total. The van der Waals surface area contributed by atoms with Crippen LogP contribution >= 0.6 is 12.4 Å². The molecule has 8 heteroatoms. The van der Waals surface area contributed by atoms with Crippen molar-refractivity contribution in [3.8, 4) is 0 Å². The fourth-order valence-electron chi connectivity index (χ4n) is 2.30. The molecule has 1 aliphatic heterocycles. The molecular weight excluding hydrogens is 326 g/mol.